The molecule has 1 fully saturated rings. The molecule has 0 bridgehead atoms. The van der Waals surface area contributed by atoms with E-state index in [1.54, 1.807) is 0 Å². The molecule has 1 aliphatic rings. The molecule has 1 saturated carbocycles. The Morgan fingerprint density at radius 3 is 2.53 bits per heavy atom. The van der Waals surface area contributed by atoms with Crippen LogP contribution >= 0.6 is 0 Å². The molecule has 15 heavy (non-hydrogen) atoms. The highest BCUT2D eigenvalue weighted by molar-refractivity contribution is 5.01. The van der Waals surface area contributed by atoms with E-state index in [2.05, 4.69) is 24.8 Å². The summed E-state index contributed by atoms with van der Waals surface area (Å²) in [7, 11) is 0. The number of aliphatic hydroxyl groups excluding tert-OH is 1. The first-order valence-corrected chi connectivity index (χ1v) is 5.85. The molecule has 0 unspecified atom stereocenters. The maximum Gasteiger partial charge on any atom is 0.0628 e. The van der Waals surface area contributed by atoms with Gasteiger partial charge in [0.25, 0.3) is 0 Å². The fraction of sp³-hybridized carbons (Fsp3) is 0.917. The molecule has 3 heteroatoms. The van der Waals surface area contributed by atoms with Gasteiger partial charge in [0.15, 0.2) is 0 Å². The minimum Gasteiger partial charge on any atom is -0.396 e. The van der Waals surface area contributed by atoms with Gasteiger partial charge in [0.05, 0.1) is 6.07 Å². The van der Waals surface area contributed by atoms with Crippen molar-refractivity contribution in [2.75, 3.05) is 19.7 Å². The maximum absolute atomic E-state index is 8.84. The molecule has 0 spiro atoms. The molecular formula is C12H22N2O. The summed E-state index contributed by atoms with van der Waals surface area (Å²) in [6.45, 7) is 6.59. The van der Waals surface area contributed by atoms with Crippen LogP contribution in [-0.2, 0) is 0 Å². The third-order valence-electron chi connectivity index (χ3n) is 3.28. The number of rotatable bonds is 7. The maximum atomic E-state index is 8.84. The van der Waals surface area contributed by atoms with Crippen LogP contribution in [0.25, 0.3) is 0 Å². The Kier molecular flexibility index (Phi) is 4.56. The van der Waals surface area contributed by atoms with E-state index >= 15 is 0 Å². The summed E-state index contributed by atoms with van der Waals surface area (Å²) in [5.41, 5.74) is 0.286. The Hall–Kier alpha value is -0.590. The zero-order chi connectivity index (χ0) is 11.3. The van der Waals surface area contributed by atoms with E-state index in [1.807, 2.05) is 0 Å². The van der Waals surface area contributed by atoms with Gasteiger partial charge in [-0.2, -0.15) is 5.26 Å². The van der Waals surface area contributed by atoms with Crippen molar-refractivity contribution in [2.45, 2.75) is 45.6 Å². The third-order valence-corrected chi connectivity index (χ3v) is 3.28. The second kappa shape index (κ2) is 5.48. The summed E-state index contributed by atoms with van der Waals surface area (Å²) < 4.78 is 0. The van der Waals surface area contributed by atoms with Crippen LogP contribution in [0.1, 0.15) is 39.5 Å². The van der Waals surface area contributed by atoms with Gasteiger partial charge in [-0.05, 0) is 38.5 Å². The van der Waals surface area contributed by atoms with Gasteiger partial charge < -0.3 is 10.0 Å². The number of hydrogen-bond acceptors (Lipinski definition) is 3. The predicted molar refractivity (Wildman–Crippen MR) is 60.3 cm³/mol. The molecule has 0 radical (unpaired) electrons. The molecule has 1 N–H and O–H groups in total. The van der Waals surface area contributed by atoms with Crippen molar-refractivity contribution in [3.05, 3.63) is 0 Å². The van der Waals surface area contributed by atoms with Gasteiger partial charge in [-0.3, -0.25) is 0 Å². The standard InChI is InChI=1S/C12H22N2O/c1-11(2)14(8-3-9-15)10-12(4-5-12)6-7-13/h11,15H,3-6,8-10H2,1-2H3. The molecule has 0 saturated heterocycles. The molecule has 0 amide bonds. The van der Waals surface area contributed by atoms with Crippen LogP contribution in [0.15, 0.2) is 0 Å². The molecule has 3 nitrogen and oxygen atoms in total. The Bertz CT molecular complexity index is 228. The number of nitriles is 1. The molecule has 0 heterocycles. The number of nitrogens with zero attached hydrogens (tertiary/aromatic N) is 2. The lowest BCUT2D eigenvalue weighted by Crippen LogP contribution is -2.37. The van der Waals surface area contributed by atoms with Crippen LogP contribution in [0.2, 0.25) is 0 Å². The van der Waals surface area contributed by atoms with Gasteiger partial charge in [-0.1, -0.05) is 0 Å². The summed E-state index contributed by atoms with van der Waals surface area (Å²) in [6.07, 6.45) is 3.92. The summed E-state index contributed by atoms with van der Waals surface area (Å²) >= 11 is 0. The molecule has 0 aromatic carbocycles. The summed E-state index contributed by atoms with van der Waals surface area (Å²) in [5, 5.41) is 17.6. The van der Waals surface area contributed by atoms with Crippen molar-refractivity contribution < 1.29 is 5.11 Å². The van der Waals surface area contributed by atoms with Crippen LogP contribution in [0.4, 0.5) is 0 Å². The Balaban J connectivity index is 2.41. The fourth-order valence-electron chi connectivity index (χ4n) is 1.96. The predicted octanol–water partition coefficient (Wildman–Crippen LogP) is 1.77. The zero-order valence-electron chi connectivity index (χ0n) is 9.87. The van der Waals surface area contributed by atoms with Crippen molar-refractivity contribution in [1.82, 2.24) is 4.90 Å². The van der Waals surface area contributed by atoms with Crippen molar-refractivity contribution in [3.63, 3.8) is 0 Å². The topological polar surface area (TPSA) is 47.3 Å². The Morgan fingerprint density at radius 2 is 2.13 bits per heavy atom. The van der Waals surface area contributed by atoms with Crippen molar-refractivity contribution in [3.8, 4) is 6.07 Å². The van der Waals surface area contributed by atoms with Gasteiger partial charge in [0.1, 0.15) is 0 Å². The van der Waals surface area contributed by atoms with Crippen LogP contribution in [-0.4, -0.2) is 35.7 Å². The van der Waals surface area contributed by atoms with Crippen molar-refractivity contribution >= 4 is 0 Å². The molecular weight excluding hydrogens is 188 g/mol. The first kappa shape index (κ1) is 12.5. The fourth-order valence-corrected chi connectivity index (χ4v) is 1.96. The van der Waals surface area contributed by atoms with E-state index in [0.717, 1.165) is 19.5 Å². The lowest BCUT2D eigenvalue weighted by Gasteiger charge is -2.29. The summed E-state index contributed by atoms with van der Waals surface area (Å²) in [6, 6.07) is 2.80. The first-order chi connectivity index (χ1) is 7.13. The quantitative estimate of drug-likeness (QED) is 0.696. The van der Waals surface area contributed by atoms with Crippen LogP contribution < -0.4 is 0 Å². The molecule has 1 aliphatic carbocycles. The Labute approximate surface area is 92.7 Å². The van der Waals surface area contributed by atoms with Gasteiger partial charge in [-0.15, -0.1) is 0 Å². The second-order valence-electron chi connectivity index (χ2n) is 4.98. The lowest BCUT2D eigenvalue weighted by molar-refractivity contribution is 0.160. The van der Waals surface area contributed by atoms with E-state index in [9.17, 15) is 0 Å². The van der Waals surface area contributed by atoms with Crippen molar-refractivity contribution in [1.29, 1.82) is 5.26 Å². The molecule has 0 atom stereocenters. The van der Waals surface area contributed by atoms with Gasteiger partial charge >= 0.3 is 0 Å². The zero-order valence-corrected chi connectivity index (χ0v) is 9.87. The SMILES string of the molecule is CC(C)N(CCCO)CC1(CC#N)CC1. The van der Waals surface area contributed by atoms with E-state index in [1.165, 1.54) is 12.8 Å². The summed E-state index contributed by atoms with van der Waals surface area (Å²) in [4.78, 5) is 2.39. The highest BCUT2D eigenvalue weighted by Gasteiger charge is 2.43. The van der Waals surface area contributed by atoms with E-state index < -0.39 is 0 Å². The van der Waals surface area contributed by atoms with E-state index in [0.29, 0.717) is 12.5 Å². The first-order valence-electron chi connectivity index (χ1n) is 5.85. The minimum absolute atomic E-state index is 0.258. The summed E-state index contributed by atoms with van der Waals surface area (Å²) in [5.74, 6) is 0. The molecule has 0 aliphatic heterocycles. The highest BCUT2D eigenvalue weighted by atomic mass is 16.3. The minimum atomic E-state index is 0.258. The smallest absolute Gasteiger partial charge is 0.0628 e. The van der Waals surface area contributed by atoms with Crippen LogP contribution in [0.3, 0.4) is 0 Å². The second-order valence-corrected chi connectivity index (χ2v) is 4.98. The van der Waals surface area contributed by atoms with Gasteiger partial charge in [-0.25, -0.2) is 0 Å². The average Bonchev–Trinajstić information content (AvgIpc) is 2.93. The number of aliphatic hydroxyl groups is 1. The largest absolute Gasteiger partial charge is 0.396 e. The normalized spacial score (nSPS) is 18.1. The van der Waals surface area contributed by atoms with Gasteiger partial charge in [0, 0.05) is 32.2 Å². The highest BCUT2D eigenvalue weighted by Crippen LogP contribution is 2.49. The van der Waals surface area contributed by atoms with Crippen molar-refractivity contribution in [2.24, 2.45) is 5.41 Å². The van der Waals surface area contributed by atoms with Crippen LogP contribution in [0, 0.1) is 16.7 Å². The lowest BCUT2D eigenvalue weighted by atomic mass is 10.0. The monoisotopic (exact) mass is 210 g/mol. The van der Waals surface area contributed by atoms with Gasteiger partial charge in [0.2, 0.25) is 0 Å². The Morgan fingerprint density at radius 1 is 1.47 bits per heavy atom. The number of hydrogen-bond donors (Lipinski definition) is 1. The molecule has 1 rings (SSSR count). The van der Waals surface area contributed by atoms with E-state index in [-0.39, 0.29) is 12.0 Å². The molecule has 86 valence electrons. The molecule has 0 aromatic rings. The van der Waals surface area contributed by atoms with Crippen LogP contribution in [0.5, 0.6) is 0 Å². The average molecular weight is 210 g/mol. The molecule has 0 aromatic heterocycles. The third kappa shape index (κ3) is 3.81. The van der Waals surface area contributed by atoms with E-state index in [4.69, 9.17) is 10.4 Å².